The number of rotatable bonds is 6. The van der Waals surface area contributed by atoms with Crippen molar-refractivity contribution >= 4 is 44.7 Å². The minimum atomic E-state index is 0.572. The SMILES string of the molecule is CSOCCc1coc2cc(Oc3nc4ncccc4s3)ccc12. The van der Waals surface area contributed by atoms with Crippen molar-refractivity contribution < 1.29 is 13.3 Å². The molecule has 0 fully saturated rings. The van der Waals surface area contributed by atoms with Crippen molar-refractivity contribution in [3.8, 4) is 10.9 Å². The number of furan rings is 1. The summed E-state index contributed by atoms with van der Waals surface area (Å²) in [5.74, 6) is 0.697. The Bertz CT molecular complexity index is 947. The summed E-state index contributed by atoms with van der Waals surface area (Å²) in [7, 11) is 0. The van der Waals surface area contributed by atoms with Gasteiger partial charge in [-0.25, -0.2) is 4.98 Å². The van der Waals surface area contributed by atoms with Crippen molar-refractivity contribution in [3.05, 3.63) is 48.4 Å². The molecule has 7 heteroatoms. The molecule has 0 saturated carbocycles. The standard InChI is InChI=1S/C17H14N2O3S2/c1-23-21-8-6-11-10-20-14-9-12(4-5-13(11)14)22-17-19-16-15(24-17)3-2-7-18-16/h2-5,7,9-10H,6,8H2,1H3. The smallest absolute Gasteiger partial charge is 0.281 e. The third-order valence-corrected chi connectivity index (χ3v) is 4.84. The molecular weight excluding hydrogens is 344 g/mol. The second-order valence-electron chi connectivity index (χ2n) is 5.06. The molecule has 0 aliphatic rings. The second kappa shape index (κ2) is 6.80. The first kappa shape index (κ1) is 15.4. The minimum absolute atomic E-state index is 0.572. The predicted octanol–water partition coefficient (Wildman–Crippen LogP) is 5.07. The first-order valence-corrected chi connectivity index (χ1v) is 9.35. The Labute approximate surface area is 146 Å². The van der Waals surface area contributed by atoms with Gasteiger partial charge in [-0.05, 0) is 36.3 Å². The van der Waals surface area contributed by atoms with E-state index in [0.29, 0.717) is 23.2 Å². The molecule has 0 aliphatic carbocycles. The average molecular weight is 358 g/mol. The van der Waals surface area contributed by atoms with Crippen LogP contribution < -0.4 is 4.74 Å². The number of aromatic nitrogens is 2. The van der Waals surface area contributed by atoms with Crippen molar-refractivity contribution in [1.82, 2.24) is 9.97 Å². The normalized spacial score (nSPS) is 11.4. The van der Waals surface area contributed by atoms with Crippen LogP contribution >= 0.6 is 23.4 Å². The third kappa shape index (κ3) is 3.10. The van der Waals surface area contributed by atoms with Crippen molar-refractivity contribution in [2.24, 2.45) is 0 Å². The Morgan fingerprint density at radius 3 is 3.12 bits per heavy atom. The van der Waals surface area contributed by atoms with Gasteiger partial charge < -0.3 is 13.3 Å². The number of hydrogen-bond donors (Lipinski definition) is 0. The van der Waals surface area contributed by atoms with Crippen molar-refractivity contribution in [2.75, 3.05) is 12.9 Å². The topological polar surface area (TPSA) is 57.4 Å². The van der Waals surface area contributed by atoms with E-state index in [9.17, 15) is 0 Å². The summed E-state index contributed by atoms with van der Waals surface area (Å²) < 4.78 is 17.8. The van der Waals surface area contributed by atoms with Gasteiger partial charge in [-0.1, -0.05) is 11.3 Å². The zero-order valence-electron chi connectivity index (χ0n) is 12.9. The monoisotopic (exact) mass is 358 g/mol. The zero-order chi connectivity index (χ0) is 16.4. The highest BCUT2D eigenvalue weighted by Crippen LogP contribution is 2.32. The first-order chi connectivity index (χ1) is 11.8. The maximum atomic E-state index is 5.86. The largest absolute Gasteiger partial charge is 0.464 e. The van der Waals surface area contributed by atoms with E-state index in [4.69, 9.17) is 13.3 Å². The van der Waals surface area contributed by atoms with Crippen LogP contribution in [0.1, 0.15) is 5.56 Å². The molecule has 0 spiro atoms. The van der Waals surface area contributed by atoms with Gasteiger partial charge in [-0.15, -0.1) is 0 Å². The summed E-state index contributed by atoms with van der Waals surface area (Å²) >= 11 is 2.84. The lowest BCUT2D eigenvalue weighted by Gasteiger charge is -2.02. The fourth-order valence-electron chi connectivity index (χ4n) is 2.45. The van der Waals surface area contributed by atoms with Crippen molar-refractivity contribution in [3.63, 3.8) is 0 Å². The molecule has 1 aromatic carbocycles. The highest BCUT2D eigenvalue weighted by atomic mass is 32.2. The Kier molecular flexibility index (Phi) is 4.38. The van der Waals surface area contributed by atoms with Crippen LogP contribution in [-0.2, 0) is 10.6 Å². The molecule has 0 N–H and O–H groups in total. The van der Waals surface area contributed by atoms with E-state index < -0.39 is 0 Å². The molecule has 4 rings (SSSR count). The lowest BCUT2D eigenvalue weighted by atomic mass is 10.1. The molecule has 0 unspecified atom stereocenters. The summed E-state index contributed by atoms with van der Waals surface area (Å²) in [4.78, 5) is 8.60. The van der Waals surface area contributed by atoms with Crippen molar-refractivity contribution in [2.45, 2.75) is 6.42 Å². The molecule has 0 bridgehead atoms. The lowest BCUT2D eigenvalue weighted by molar-refractivity contribution is 0.380. The van der Waals surface area contributed by atoms with E-state index in [-0.39, 0.29) is 0 Å². The summed E-state index contributed by atoms with van der Waals surface area (Å²) in [6.07, 6.45) is 6.23. The molecule has 0 atom stereocenters. The molecule has 24 heavy (non-hydrogen) atoms. The van der Waals surface area contributed by atoms with Crippen LogP contribution in [0.15, 0.2) is 47.2 Å². The van der Waals surface area contributed by atoms with Crippen LogP contribution in [0.2, 0.25) is 0 Å². The van der Waals surface area contributed by atoms with Crippen LogP contribution in [0.4, 0.5) is 0 Å². The molecule has 0 amide bonds. The maximum Gasteiger partial charge on any atom is 0.281 e. The van der Waals surface area contributed by atoms with Crippen LogP contribution in [0.5, 0.6) is 10.9 Å². The molecule has 5 nitrogen and oxygen atoms in total. The number of pyridine rings is 1. The second-order valence-corrected chi connectivity index (χ2v) is 6.63. The van der Waals surface area contributed by atoms with Gasteiger partial charge in [0.2, 0.25) is 0 Å². The van der Waals surface area contributed by atoms with Crippen LogP contribution in [-0.4, -0.2) is 22.8 Å². The summed E-state index contributed by atoms with van der Waals surface area (Å²) in [5, 5.41) is 1.65. The van der Waals surface area contributed by atoms with E-state index in [1.807, 2.05) is 36.6 Å². The number of benzene rings is 1. The van der Waals surface area contributed by atoms with Crippen LogP contribution in [0, 0.1) is 0 Å². The minimum Gasteiger partial charge on any atom is -0.464 e. The quantitative estimate of drug-likeness (QED) is 0.354. The van der Waals surface area contributed by atoms with Gasteiger partial charge in [0.05, 0.1) is 17.6 Å². The average Bonchev–Trinajstić information content (AvgIpc) is 3.18. The van der Waals surface area contributed by atoms with Crippen LogP contribution in [0.3, 0.4) is 0 Å². The predicted molar refractivity (Wildman–Crippen MR) is 96.9 cm³/mol. The van der Waals surface area contributed by atoms with E-state index in [2.05, 4.69) is 9.97 Å². The van der Waals surface area contributed by atoms with Crippen LogP contribution in [0.25, 0.3) is 21.3 Å². The zero-order valence-corrected chi connectivity index (χ0v) is 14.5. The Morgan fingerprint density at radius 2 is 2.25 bits per heavy atom. The number of nitrogens with zero attached hydrogens (tertiary/aromatic N) is 2. The highest BCUT2D eigenvalue weighted by Gasteiger charge is 2.10. The molecule has 0 radical (unpaired) electrons. The highest BCUT2D eigenvalue weighted by molar-refractivity contribution is 7.93. The number of thiazole rings is 1. The molecule has 0 saturated heterocycles. The number of hydrogen-bond acceptors (Lipinski definition) is 7. The van der Waals surface area contributed by atoms with Gasteiger partial charge in [0.25, 0.3) is 5.19 Å². The van der Waals surface area contributed by atoms with Gasteiger partial charge >= 0.3 is 0 Å². The number of ether oxygens (including phenoxy) is 1. The summed E-state index contributed by atoms with van der Waals surface area (Å²) in [5.41, 5.74) is 2.63. The van der Waals surface area contributed by atoms with E-state index in [0.717, 1.165) is 27.7 Å². The van der Waals surface area contributed by atoms with Gasteiger partial charge in [0.15, 0.2) is 5.65 Å². The fraction of sp³-hybridized carbons (Fsp3) is 0.176. The lowest BCUT2D eigenvalue weighted by Crippen LogP contribution is -1.91. The molecular formula is C17H14N2O3S2. The maximum absolute atomic E-state index is 5.86. The van der Waals surface area contributed by atoms with Gasteiger partial charge in [-0.3, -0.25) is 0 Å². The molecule has 4 aromatic rings. The summed E-state index contributed by atoms with van der Waals surface area (Å²) in [6, 6.07) is 9.69. The Morgan fingerprint density at radius 1 is 1.29 bits per heavy atom. The van der Waals surface area contributed by atoms with E-state index in [1.165, 1.54) is 23.4 Å². The Hall–Kier alpha value is -2.09. The molecule has 3 heterocycles. The summed E-state index contributed by atoms with van der Waals surface area (Å²) in [6.45, 7) is 0.659. The van der Waals surface area contributed by atoms with Gasteiger partial charge in [0, 0.05) is 35.9 Å². The molecule has 0 aliphatic heterocycles. The van der Waals surface area contributed by atoms with Crippen molar-refractivity contribution in [1.29, 1.82) is 0 Å². The Balaban J connectivity index is 1.56. The molecule has 122 valence electrons. The third-order valence-electron chi connectivity index (χ3n) is 3.55. The first-order valence-electron chi connectivity index (χ1n) is 7.38. The van der Waals surface area contributed by atoms with Gasteiger partial charge in [0.1, 0.15) is 11.3 Å². The fourth-order valence-corrected chi connectivity index (χ4v) is 3.49. The van der Waals surface area contributed by atoms with E-state index in [1.54, 1.807) is 12.5 Å². The van der Waals surface area contributed by atoms with E-state index >= 15 is 0 Å². The number of fused-ring (bicyclic) bond motifs is 2. The van der Waals surface area contributed by atoms with Gasteiger partial charge in [-0.2, -0.15) is 4.98 Å². The molecule has 3 aromatic heterocycles.